The summed E-state index contributed by atoms with van der Waals surface area (Å²) in [5.74, 6) is 0.501. The van der Waals surface area contributed by atoms with Gasteiger partial charge in [0.1, 0.15) is 0 Å². The van der Waals surface area contributed by atoms with Crippen molar-refractivity contribution < 1.29 is 0 Å². The van der Waals surface area contributed by atoms with Gasteiger partial charge in [0, 0.05) is 18.1 Å². The fourth-order valence-corrected chi connectivity index (χ4v) is 2.95. The van der Waals surface area contributed by atoms with Crippen molar-refractivity contribution in [3.63, 3.8) is 0 Å². The maximum atomic E-state index is 8.35. The second-order valence-electron chi connectivity index (χ2n) is 5.58. The first kappa shape index (κ1) is 18.1. The minimum Gasteiger partial charge on any atom is -0.345 e. The Hall–Kier alpha value is -1.27. The van der Waals surface area contributed by atoms with Crippen LogP contribution in [0.2, 0.25) is 5.02 Å². The van der Waals surface area contributed by atoms with Crippen molar-refractivity contribution >= 4 is 41.5 Å². The van der Waals surface area contributed by atoms with Gasteiger partial charge in [-0.25, -0.2) is 0 Å². The quantitative estimate of drug-likeness (QED) is 0.413. The zero-order valence-corrected chi connectivity index (χ0v) is 15.9. The van der Waals surface area contributed by atoms with Crippen molar-refractivity contribution in [3.05, 3.63) is 70.7 Å². The average molecular weight is 442 g/mol. The van der Waals surface area contributed by atoms with Gasteiger partial charge in [0.15, 0.2) is 5.96 Å². The van der Waals surface area contributed by atoms with E-state index in [2.05, 4.69) is 22.3 Å². The van der Waals surface area contributed by atoms with Crippen LogP contribution in [0, 0.1) is 5.41 Å². The molecule has 2 aromatic rings. The zero-order chi connectivity index (χ0) is 15.4. The zero-order valence-electron chi connectivity index (χ0n) is 12.8. The molecule has 0 radical (unpaired) electrons. The number of hydrogen-bond acceptors (Lipinski definition) is 1. The van der Waals surface area contributed by atoms with Crippen LogP contribution in [-0.4, -0.2) is 23.9 Å². The highest BCUT2D eigenvalue weighted by atomic mass is 127. The largest absolute Gasteiger partial charge is 0.345 e. The topological polar surface area (TPSA) is 39.1 Å². The van der Waals surface area contributed by atoms with E-state index in [1.165, 1.54) is 12.8 Å². The Kier molecular flexibility index (Phi) is 6.72. The molecule has 1 fully saturated rings. The lowest BCUT2D eigenvalue weighted by Crippen LogP contribution is -2.41. The van der Waals surface area contributed by atoms with Crippen molar-refractivity contribution in [2.24, 2.45) is 0 Å². The Balaban J connectivity index is 0.00000192. The molecule has 1 heterocycles. The van der Waals surface area contributed by atoms with E-state index in [1.807, 2.05) is 42.5 Å². The minimum atomic E-state index is -0.0356. The first-order valence-electron chi connectivity index (χ1n) is 7.64. The molecule has 1 aliphatic rings. The van der Waals surface area contributed by atoms with Crippen LogP contribution in [0.25, 0.3) is 0 Å². The molecular formula is C18H21ClIN3. The van der Waals surface area contributed by atoms with E-state index in [0.29, 0.717) is 5.96 Å². The molecule has 3 nitrogen and oxygen atoms in total. The Morgan fingerprint density at radius 2 is 1.52 bits per heavy atom. The smallest absolute Gasteiger partial charge is 0.191 e. The van der Waals surface area contributed by atoms with Crippen molar-refractivity contribution in [1.29, 1.82) is 5.41 Å². The van der Waals surface area contributed by atoms with Crippen LogP contribution in [0.5, 0.6) is 0 Å². The van der Waals surface area contributed by atoms with Crippen LogP contribution in [0.1, 0.15) is 30.0 Å². The molecule has 0 aliphatic carbocycles. The second kappa shape index (κ2) is 8.55. The van der Waals surface area contributed by atoms with E-state index in [0.717, 1.165) is 29.2 Å². The first-order valence-corrected chi connectivity index (χ1v) is 8.02. The van der Waals surface area contributed by atoms with E-state index in [9.17, 15) is 0 Å². The Morgan fingerprint density at radius 1 is 0.957 bits per heavy atom. The fraction of sp³-hybridized carbons (Fsp3) is 0.278. The molecule has 122 valence electrons. The molecule has 0 spiro atoms. The molecule has 1 unspecified atom stereocenters. The summed E-state index contributed by atoms with van der Waals surface area (Å²) >= 11 is 6.00. The predicted octanol–water partition coefficient (Wildman–Crippen LogP) is 4.67. The third kappa shape index (κ3) is 4.61. The van der Waals surface area contributed by atoms with Gasteiger partial charge in [0.05, 0.1) is 6.04 Å². The molecule has 1 saturated heterocycles. The summed E-state index contributed by atoms with van der Waals surface area (Å²) in [6.45, 7) is 1.93. The summed E-state index contributed by atoms with van der Waals surface area (Å²) in [5.41, 5.74) is 2.26. The van der Waals surface area contributed by atoms with Crippen LogP contribution in [0.4, 0.5) is 0 Å². The number of nitrogens with one attached hydrogen (secondary N) is 2. The molecule has 0 amide bonds. The second-order valence-corrected chi connectivity index (χ2v) is 6.02. The summed E-state index contributed by atoms with van der Waals surface area (Å²) in [5, 5.41) is 12.5. The van der Waals surface area contributed by atoms with Gasteiger partial charge in [-0.05, 0) is 36.1 Å². The fourth-order valence-electron chi connectivity index (χ4n) is 2.83. The molecule has 1 aliphatic heterocycles. The third-order valence-corrected chi connectivity index (χ3v) is 4.29. The lowest BCUT2D eigenvalue weighted by Gasteiger charge is -2.26. The van der Waals surface area contributed by atoms with Gasteiger partial charge in [0.2, 0.25) is 0 Å². The molecule has 0 saturated carbocycles. The SMILES string of the molecule is I.N=C(NC(c1ccccc1)c1ccc(Cl)cc1)N1CCCC1. The molecule has 5 heteroatoms. The Bertz CT molecular complexity index is 624. The third-order valence-electron chi connectivity index (χ3n) is 4.04. The highest BCUT2D eigenvalue weighted by Gasteiger charge is 2.20. The van der Waals surface area contributed by atoms with Gasteiger partial charge in [-0.3, -0.25) is 5.41 Å². The van der Waals surface area contributed by atoms with Crippen LogP contribution in [0.15, 0.2) is 54.6 Å². The number of rotatable bonds is 3. The van der Waals surface area contributed by atoms with Crippen LogP contribution in [0.3, 0.4) is 0 Å². The van der Waals surface area contributed by atoms with Crippen molar-refractivity contribution in [3.8, 4) is 0 Å². The normalized spacial score (nSPS) is 14.9. The van der Waals surface area contributed by atoms with E-state index < -0.39 is 0 Å². The molecule has 23 heavy (non-hydrogen) atoms. The molecule has 2 N–H and O–H groups in total. The maximum Gasteiger partial charge on any atom is 0.191 e. The summed E-state index contributed by atoms with van der Waals surface area (Å²) < 4.78 is 0. The number of halogens is 2. The van der Waals surface area contributed by atoms with Crippen LogP contribution >= 0.6 is 35.6 Å². The lowest BCUT2D eigenvalue weighted by molar-refractivity contribution is 0.482. The highest BCUT2D eigenvalue weighted by molar-refractivity contribution is 14.0. The van der Waals surface area contributed by atoms with Crippen molar-refractivity contribution in [2.75, 3.05) is 13.1 Å². The predicted molar refractivity (Wildman–Crippen MR) is 107 cm³/mol. The summed E-state index contributed by atoms with van der Waals surface area (Å²) in [7, 11) is 0. The van der Waals surface area contributed by atoms with Gasteiger partial charge in [0.25, 0.3) is 0 Å². The first-order chi connectivity index (χ1) is 10.7. The molecule has 1 atom stereocenters. The molecule has 0 bridgehead atoms. The number of nitrogens with zero attached hydrogens (tertiary/aromatic N) is 1. The number of guanidine groups is 1. The van der Waals surface area contributed by atoms with Crippen molar-refractivity contribution in [2.45, 2.75) is 18.9 Å². The monoisotopic (exact) mass is 441 g/mol. The average Bonchev–Trinajstić information content (AvgIpc) is 3.09. The number of hydrogen-bond donors (Lipinski definition) is 2. The van der Waals surface area contributed by atoms with E-state index in [-0.39, 0.29) is 30.0 Å². The van der Waals surface area contributed by atoms with Gasteiger partial charge in [-0.2, -0.15) is 0 Å². The number of likely N-dealkylation sites (tertiary alicyclic amines) is 1. The summed E-state index contributed by atoms with van der Waals surface area (Å²) in [4.78, 5) is 2.10. The molecule has 2 aromatic carbocycles. The summed E-state index contributed by atoms with van der Waals surface area (Å²) in [6, 6.07) is 18.0. The summed E-state index contributed by atoms with van der Waals surface area (Å²) in [6.07, 6.45) is 2.34. The van der Waals surface area contributed by atoms with Crippen molar-refractivity contribution in [1.82, 2.24) is 10.2 Å². The minimum absolute atomic E-state index is 0. The molecule has 3 rings (SSSR count). The Morgan fingerprint density at radius 3 is 2.13 bits per heavy atom. The van der Waals surface area contributed by atoms with Crippen LogP contribution in [-0.2, 0) is 0 Å². The molecule has 0 aromatic heterocycles. The number of benzene rings is 2. The highest BCUT2D eigenvalue weighted by Crippen LogP contribution is 2.24. The van der Waals surface area contributed by atoms with Gasteiger partial charge in [-0.1, -0.05) is 54.1 Å². The maximum absolute atomic E-state index is 8.35. The lowest BCUT2D eigenvalue weighted by atomic mass is 9.99. The standard InChI is InChI=1S/C18H20ClN3.HI/c19-16-10-8-15(9-11-16)17(14-6-2-1-3-7-14)21-18(20)22-12-4-5-13-22;/h1-3,6-11,17H,4-5,12-13H2,(H2,20,21);1H. The van der Waals surface area contributed by atoms with Gasteiger partial charge < -0.3 is 10.2 Å². The van der Waals surface area contributed by atoms with E-state index in [1.54, 1.807) is 0 Å². The molecular weight excluding hydrogens is 421 g/mol. The van der Waals surface area contributed by atoms with Gasteiger partial charge in [-0.15, -0.1) is 24.0 Å². The van der Waals surface area contributed by atoms with E-state index in [4.69, 9.17) is 17.0 Å². The van der Waals surface area contributed by atoms with Gasteiger partial charge >= 0.3 is 0 Å². The van der Waals surface area contributed by atoms with E-state index >= 15 is 0 Å². The Labute approximate surface area is 159 Å². The van der Waals surface area contributed by atoms with Crippen LogP contribution < -0.4 is 5.32 Å².